The minimum Gasteiger partial charge on any atom is -0.391 e. The summed E-state index contributed by atoms with van der Waals surface area (Å²) in [5.74, 6) is -0.432. The molecule has 1 aliphatic heterocycles. The maximum absolute atomic E-state index is 13.5. The summed E-state index contributed by atoms with van der Waals surface area (Å²) in [5, 5.41) is 13.2. The Bertz CT molecular complexity index is 1340. The number of carbonyl (C=O) groups excluding carboxylic acids is 3. The SMILES string of the molecule is CC(=O)N[C@H](C(=O)N1C[C@H](O)C[C@H]1c1nc(C(=O)N(C)Cc2ccc(-c3scnc3C)cc2)c[nH]1)C(C)(C)C. The van der Waals surface area contributed by atoms with Gasteiger partial charge in [0.05, 0.1) is 28.2 Å². The summed E-state index contributed by atoms with van der Waals surface area (Å²) >= 11 is 1.60. The molecule has 11 heteroatoms. The average Bonchev–Trinajstić information content (AvgIpc) is 3.61. The van der Waals surface area contributed by atoms with Gasteiger partial charge in [-0.15, -0.1) is 11.3 Å². The maximum Gasteiger partial charge on any atom is 0.274 e. The number of β-amino-alcohol motifs (C(OH)–C–C–N with tert-alkyl or cyclic N) is 1. The van der Waals surface area contributed by atoms with Crippen molar-refractivity contribution in [2.75, 3.05) is 13.6 Å². The van der Waals surface area contributed by atoms with E-state index in [4.69, 9.17) is 0 Å². The zero-order valence-corrected chi connectivity index (χ0v) is 24.0. The lowest BCUT2D eigenvalue weighted by molar-refractivity contribution is -0.140. The highest BCUT2D eigenvalue weighted by molar-refractivity contribution is 7.13. The highest BCUT2D eigenvalue weighted by Crippen LogP contribution is 2.34. The minimum atomic E-state index is -0.767. The molecule has 1 aromatic carbocycles. The molecule has 0 bridgehead atoms. The summed E-state index contributed by atoms with van der Waals surface area (Å²) in [6, 6.07) is 6.75. The molecular weight excluding hydrogens is 516 g/mol. The lowest BCUT2D eigenvalue weighted by atomic mass is 9.85. The smallest absolute Gasteiger partial charge is 0.274 e. The zero-order chi connectivity index (χ0) is 28.5. The molecule has 0 radical (unpaired) electrons. The number of thiazole rings is 1. The second-order valence-electron chi connectivity index (χ2n) is 11.2. The number of nitrogens with zero attached hydrogens (tertiary/aromatic N) is 4. The van der Waals surface area contributed by atoms with Crippen molar-refractivity contribution < 1.29 is 19.5 Å². The summed E-state index contributed by atoms with van der Waals surface area (Å²) < 4.78 is 0. The van der Waals surface area contributed by atoms with Gasteiger partial charge in [0.1, 0.15) is 17.6 Å². The quantitative estimate of drug-likeness (QED) is 0.412. The minimum absolute atomic E-state index is 0.122. The van der Waals surface area contributed by atoms with Gasteiger partial charge in [-0.05, 0) is 23.5 Å². The number of hydrogen-bond donors (Lipinski definition) is 3. The van der Waals surface area contributed by atoms with Gasteiger partial charge in [0.25, 0.3) is 5.91 Å². The average molecular weight is 553 g/mol. The molecule has 1 fully saturated rings. The molecular formula is C28H36N6O4S. The van der Waals surface area contributed by atoms with Gasteiger partial charge in [-0.25, -0.2) is 9.97 Å². The van der Waals surface area contributed by atoms with Crippen LogP contribution >= 0.6 is 11.3 Å². The molecule has 4 rings (SSSR count). The van der Waals surface area contributed by atoms with E-state index in [-0.39, 0.29) is 36.4 Å². The van der Waals surface area contributed by atoms with E-state index >= 15 is 0 Å². The van der Waals surface area contributed by atoms with Crippen LogP contribution in [0.3, 0.4) is 0 Å². The van der Waals surface area contributed by atoms with E-state index < -0.39 is 23.6 Å². The first kappa shape index (κ1) is 28.4. The molecule has 3 heterocycles. The standard InChI is InChI=1S/C28H36N6O4S/c1-16-23(39-15-30-16)19-9-7-18(8-10-19)13-33(6)26(37)21-12-29-25(32-21)22-11-20(36)14-34(22)27(38)24(28(3,4)5)31-17(2)35/h7-10,12,15,20,22,24,36H,11,13-14H2,1-6H3,(H,29,32)(H,31,35)/t20-,22+,24-/m1/s1. The second kappa shape index (κ2) is 11.3. The van der Waals surface area contributed by atoms with Gasteiger partial charge in [0.2, 0.25) is 11.8 Å². The van der Waals surface area contributed by atoms with Gasteiger partial charge in [-0.1, -0.05) is 45.0 Å². The molecule has 0 unspecified atom stereocenters. The lowest BCUT2D eigenvalue weighted by Crippen LogP contribution is -2.54. The number of benzene rings is 1. The van der Waals surface area contributed by atoms with Crippen molar-refractivity contribution in [3.8, 4) is 10.4 Å². The number of nitrogens with one attached hydrogen (secondary N) is 2. The van der Waals surface area contributed by atoms with Gasteiger partial charge in [0.15, 0.2) is 0 Å². The molecule has 39 heavy (non-hydrogen) atoms. The van der Waals surface area contributed by atoms with E-state index in [1.807, 2.05) is 57.5 Å². The first-order valence-electron chi connectivity index (χ1n) is 12.9. The fraction of sp³-hybridized carbons (Fsp3) is 0.464. The molecule has 1 aliphatic rings. The molecule has 0 aliphatic carbocycles. The van der Waals surface area contributed by atoms with Crippen LogP contribution in [0, 0.1) is 12.3 Å². The number of likely N-dealkylation sites (tertiary alicyclic amines) is 1. The van der Waals surface area contributed by atoms with Crippen LogP contribution in [0.15, 0.2) is 36.0 Å². The fourth-order valence-electron chi connectivity index (χ4n) is 4.83. The van der Waals surface area contributed by atoms with Crippen LogP contribution in [0.1, 0.15) is 67.7 Å². The predicted molar refractivity (Wildman–Crippen MR) is 149 cm³/mol. The number of carbonyl (C=O) groups is 3. The maximum atomic E-state index is 13.5. The fourth-order valence-corrected chi connectivity index (χ4v) is 5.64. The molecule has 208 valence electrons. The third kappa shape index (κ3) is 6.36. The van der Waals surface area contributed by atoms with Gasteiger partial charge in [-0.3, -0.25) is 14.4 Å². The molecule has 1 saturated heterocycles. The molecule has 3 amide bonds. The highest BCUT2D eigenvalue weighted by atomic mass is 32.1. The van der Waals surface area contributed by atoms with E-state index in [9.17, 15) is 19.5 Å². The third-order valence-corrected chi connectivity index (χ3v) is 7.86. The van der Waals surface area contributed by atoms with Crippen molar-refractivity contribution in [1.82, 2.24) is 30.1 Å². The number of imidazole rings is 1. The van der Waals surface area contributed by atoms with E-state index in [2.05, 4.69) is 20.3 Å². The van der Waals surface area contributed by atoms with Crippen molar-refractivity contribution in [2.45, 2.75) is 65.8 Å². The van der Waals surface area contributed by atoms with Crippen LogP contribution in [-0.4, -0.2) is 73.3 Å². The van der Waals surface area contributed by atoms with Gasteiger partial charge < -0.3 is 25.2 Å². The van der Waals surface area contributed by atoms with Gasteiger partial charge >= 0.3 is 0 Å². The van der Waals surface area contributed by atoms with Crippen LogP contribution in [0.5, 0.6) is 0 Å². The van der Waals surface area contributed by atoms with Crippen LogP contribution < -0.4 is 5.32 Å². The highest BCUT2D eigenvalue weighted by Gasteiger charge is 2.43. The van der Waals surface area contributed by atoms with Crippen LogP contribution in [0.4, 0.5) is 0 Å². The third-order valence-electron chi connectivity index (χ3n) is 6.88. The van der Waals surface area contributed by atoms with E-state index in [0.29, 0.717) is 12.4 Å². The van der Waals surface area contributed by atoms with E-state index in [0.717, 1.165) is 21.7 Å². The topological polar surface area (TPSA) is 132 Å². The summed E-state index contributed by atoms with van der Waals surface area (Å²) in [6.45, 7) is 9.51. The Morgan fingerprint density at radius 1 is 1.26 bits per heavy atom. The first-order chi connectivity index (χ1) is 18.3. The number of aliphatic hydroxyl groups is 1. The second-order valence-corrected chi connectivity index (χ2v) is 12.0. The summed E-state index contributed by atoms with van der Waals surface area (Å²) in [4.78, 5) is 54.6. The zero-order valence-electron chi connectivity index (χ0n) is 23.2. The predicted octanol–water partition coefficient (Wildman–Crippen LogP) is 3.30. The number of aryl methyl sites for hydroxylation is 1. The lowest BCUT2D eigenvalue weighted by Gasteiger charge is -2.35. The number of aromatic amines is 1. The monoisotopic (exact) mass is 552 g/mol. The van der Waals surface area contributed by atoms with Crippen LogP contribution in [0.2, 0.25) is 0 Å². The van der Waals surface area contributed by atoms with E-state index in [1.165, 1.54) is 13.1 Å². The Morgan fingerprint density at radius 3 is 2.54 bits per heavy atom. The van der Waals surface area contributed by atoms with Gasteiger partial charge in [-0.2, -0.15) is 0 Å². The van der Waals surface area contributed by atoms with Crippen LogP contribution in [-0.2, 0) is 16.1 Å². The Balaban J connectivity index is 1.46. The Hall–Kier alpha value is -3.57. The molecule has 10 nitrogen and oxygen atoms in total. The number of rotatable bonds is 7. The number of hydrogen-bond acceptors (Lipinski definition) is 7. The van der Waals surface area contributed by atoms with E-state index in [1.54, 1.807) is 28.2 Å². The summed E-state index contributed by atoms with van der Waals surface area (Å²) in [6.07, 6.45) is 1.08. The molecule has 0 saturated carbocycles. The van der Waals surface area contributed by atoms with Crippen molar-refractivity contribution in [3.63, 3.8) is 0 Å². The van der Waals surface area contributed by atoms with Gasteiger partial charge in [0, 0.05) is 39.7 Å². The van der Waals surface area contributed by atoms with Crippen molar-refractivity contribution in [1.29, 1.82) is 0 Å². The first-order valence-corrected chi connectivity index (χ1v) is 13.8. The number of aliphatic hydroxyl groups excluding tert-OH is 1. The number of aromatic nitrogens is 3. The summed E-state index contributed by atoms with van der Waals surface area (Å²) in [7, 11) is 1.72. The normalized spacial score (nSPS) is 18.2. The molecule has 3 atom stereocenters. The molecule has 3 N–H and O–H groups in total. The molecule has 0 spiro atoms. The van der Waals surface area contributed by atoms with Crippen molar-refractivity contribution in [2.24, 2.45) is 5.41 Å². The number of amides is 3. The molecule has 2 aromatic heterocycles. The Kier molecular flexibility index (Phi) is 8.22. The van der Waals surface area contributed by atoms with Crippen LogP contribution in [0.25, 0.3) is 10.4 Å². The number of H-pyrrole nitrogens is 1. The summed E-state index contributed by atoms with van der Waals surface area (Å²) in [5.41, 5.74) is 4.59. The van der Waals surface area contributed by atoms with Crippen molar-refractivity contribution >= 4 is 29.1 Å². The largest absolute Gasteiger partial charge is 0.391 e. The van der Waals surface area contributed by atoms with Crippen molar-refractivity contribution in [3.05, 3.63) is 58.7 Å². The Morgan fingerprint density at radius 2 is 1.95 bits per heavy atom. The Labute approximate surface area is 232 Å². The molecule has 3 aromatic rings.